The molecule has 1 amide bonds. The van der Waals surface area contributed by atoms with Crippen molar-refractivity contribution in [3.05, 3.63) is 66.1 Å². The van der Waals surface area contributed by atoms with E-state index < -0.39 is 5.91 Å². The highest BCUT2D eigenvalue weighted by atomic mass is 16.1. The number of nitrogens with one attached hydrogen (secondary N) is 2. The zero-order valence-corrected chi connectivity index (χ0v) is 11.5. The van der Waals surface area contributed by atoms with E-state index in [1.54, 1.807) is 30.6 Å². The quantitative estimate of drug-likeness (QED) is 0.666. The molecule has 0 aliphatic rings. The van der Waals surface area contributed by atoms with Crippen LogP contribution in [0.25, 0.3) is 0 Å². The van der Waals surface area contributed by atoms with E-state index in [4.69, 9.17) is 5.26 Å². The van der Waals surface area contributed by atoms with Gasteiger partial charge in [-0.15, -0.1) is 0 Å². The van der Waals surface area contributed by atoms with Crippen LogP contribution in [0.15, 0.2) is 60.6 Å². The summed E-state index contributed by atoms with van der Waals surface area (Å²) < 4.78 is 0. The molecule has 2 rings (SSSR count). The minimum atomic E-state index is -0.459. The molecule has 1 heterocycles. The number of carbonyl (C=O) groups excluding carboxylic acids is 1. The zero-order chi connectivity index (χ0) is 15.1. The van der Waals surface area contributed by atoms with Crippen molar-refractivity contribution in [1.82, 2.24) is 4.98 Å². The molecule has 1 aromatic heterocycles. The second kappa shape index (κ2) is 6.87. The first kappa shape index (κ1) is 14.3. The van der Waals surface area contributed by atoms with E-state index in [1.807, 2.05) is 31.2 Å². The number of hydrogen-bond acceptors (Lipinski definition) is 4. The van der Waals surface area contributed by atoms with Gasteiger partial charge in [-0.2, -0.15) is 5.26 Å². The largest absolute Gasteiger partial charge is 0.359 e. The number of hydrogen-bond donors (Lipinski definition) is 2. The van der Waals surface area contributed by atoms with E-state index in [0.717, 1.165) is 5.56 Å². The zero-order valence-electron chi connectivity index (χ0n) is 11.5. The van der Waals surface area contributed by atoms with Crippen LogP contribution < -0.4 is 10.6 Å². The second-order valence-electron chi connectivity index (χ2n) is 4.38. The van der Waals surface area contributed by atoms with Gasteiger partial charge in [-0.05, 0) is 36.8 Å². The monoisotopic (exact) mass is 278 g/mol. The van der Waals surface area contributed by atoms with Gasteiger partial charge in [0.1, 0.15) is 11.6 Å². The standard InChI is InChI=1S/C16H14N4O/c1-12-4-2-5-14(8-12)20-16(21)13(9-17)10-19-15-6-3-7-18-11-15/h2-8,10-11,19H,1H3,(H,20,21)/b13-10-. The molecule has 0 unspecified atom stereocenters. The summed E-state index contributed by atoms with van der Waals surface area (Å²) in [6, 6.07) is 12.8. The summed E-state index contributed by atoms with van der Waals surface area (Å²) in [7, 11) is 0. The van der Waals surface area contributed by atoms with Gasteiger partial charge >= 0.3 is 0 Å². The second-order valence-corrected chi connectivity index (χ2v) is 4.38. The average Bonchev–Trinajstić information content (AvgIpc) is 2.49. The van der Waals surface area contributed by atoms with Crippen molar-refractivity contribution in [3.8, 4) is 6.07 Å². The molecular weight excluding hydrogens is 264 g/mol. The summed E-state index contributed by atoms with van der Waals surface area (Å²) in [5, 5.41) is 14.6. The van der Waals surface area contributed by atoms with Gasteiger partial charge in [0, 0.05) is 18.1 Å². The van der Waals surface area contributed by atoms with Crippen molar-refractivity contribution in [1.29, 1.82) is 5.26 Å². The Kier molecular flexibility index (Phi) is 4.67. The number of nitrogens with zero attached hydrogens (tertiary/aromatic N) is 2. The molecule has 0 radical (unpaired) electrons. The van der Waals surface area contributed by atoms with Crippen molar-refractivity contribution in [2.75, 3.05) is 10.6 Å². The predicted molar refractivity (Wildman–Crippen MR) is 81.4 cm³/mol. The van der Waals surface area contributed by atoms with Gasteiger partial charge in [0.2, 0.25) is 0 Å². The predicted octanol–water partition coefficient (Wildman–Crippen LogP) is 2.85. The molecule has 0 saturated heterocycles. The molecule has 21 heavy (non-hydrogen) atoms. The maximum atomic E-state index is 12.0. The smallest absolute Gasteiger partial charge is 0.267 e. The first-order valence-corrected chi connectivity index (χ1v) is 6.34. The lowest BCUT2D eigenvalue weighted by molar-refractivity contribution is -0.112. The number of pyridine rings is 1. The molecule has 0 aliphatic heterocycles. The number of aryl methyl sites for hydroxylation is 1. The summed E-state index contributed by atoms with van der Waals surface area (Å²) in [5.41, 5.74) is 2.38. The Morgan fingerprint density at radius 3 is 2.76 bits per heavy atom. The van der Waals surface area contributed by atoms with Gasteiger partial charge in [0.15, 0.2) is 0 Å². The van der Waals surface area contributed by atoms with Gasteiger partial charge in [-0.25, -0.2) is 0 Å². The van der Waals surface area contributed by atoms with Crippen LogP contribution in [-0.4, -0.2) is 10.9 Å². The van der Waals surface area contributed by atoms with E-state index >= 15 is 0 Å². The van der Waals surface area contributed by atoms with Crippen molar-refractivity contribution >= 4 is 17.3 Å². The molecule has 0 atom stereocenters. The van der Waals surface area contributed by atoms with Crippen LogP contribution in [0.5, 0.6) is 0 Å². The molecule has 5 nitrogen and oxygen atoms in total. The van der Waals surface area contributed by atoms with Crippen molar-refractivity contribution in [2.45, 2.75) is 6.92 Å². The number of nitriles is 1. The number of anilines is 2. The Hall–Kier alpha value is -3.13. The topological polar surface area (TPSA) is 77.8 Å². The molecule has 0 fully saturated rings. The van der Waals surface area contributed by atoms with Crippen LogP contribution in [0.2, 0.25) is 0 Å². The molecule has 0 spiro atoms. The van der Waals surface area contributed by atoms with Crippen molar-refractivity contribution in [2.24, 2.45) is 0 Å². The van der Waals surface area contributed by atoms with E-state index in [9.17, 15) is 4.79 Å². The third-order valence-corrected chi connectivity index (χ3v) is 2.69. The van der Waals surface area contributed by atoms with Gasteiger partial charge in [0.05, 0.1) is 11.9 Å². The highest BCUT2D eigenvalue weighted by Gasteiger charge is 2.09. The number of benzene rings is 1. The Labute approximate surface area is 122 Å². The van der Waals surface area contributed by atoms with E-state index in [0.29, 0.717) is 11.4 Å². The molecule has 2 N–H and O–H groups in total. The first-order valence-electron chi connectivity index (χ1n) is 6.34. The molecular formula is C16H14N4O. The molecule has 5 heteroatoms. The SMILES string of the molecule is Cc1cccc(NC(=O)/C(C#N)=C\Nc2cccnc2)c1. The molecule has 0 aliphatic carbocycles. The van der Waals surface area contributed by atoms with Gasteiger partial charge < -0.3 is 10.6 Å². The highest BCUT2D eigenvalue weighted by molar-refractivity contribution is 6.06. The summed E-state index contributed by atoms with van der Waals surface area (Å²) in [5.74, 6) is -0.459. The molecule has 0 bridgehead atoms. The van der Waals surface area contributed by atoms with Gasteiger partial charge in [-0.1, -0.05) is 12.1 Å². The van der Waals surface area contributed by atoms with E-state index in [-0.39, 0.29) is 5.57 Å². The summed E-state index contributed by atoms with van der Waals surface area (Å²) >= 11 is 0. The third-order valence-electron chi connectivity index (χ3n) is 2.69. The van der Waals surface area contributed by atoms with Crippen LogP contribution >= 0.6 is 0 Å². The number of amides is 1. The lowest BCUT2D eigenvalue weighted by atomic mass is 10.2. The van der Waals surface area contributed by atoms with Crippen LogP contribution in [-0.2, 0) is 4.79 Å². The Bertz CT molecular complexity index is 702. The van der Waals surface area contributed by atoms with Crippen LogP contribution in [0.3, 0.4) is 0 Å². The summed E-state index contributed by atoms with van der Waals surface area (Å²) in [6.45, 7) is 1.93. The first-order chi connectivity index (χ1) is 10.2. The minimum Gasteiger partial charge on any atom is -0.359 e. The highest BCUT2D eigenvalue weighted by Crippen LogP contribution is 2.11. The fourth-order valence-electron chi connectivity index (χ4n) is 1.67. The molecule has 2 aromatic rings. The van der Waals surface area contributed by atoms with Gasteiger partial charge in [0.25, 0.3) is 5.91 Å². The van der Waals surface area contributed by atoms with Gasteiger partial charge in [-0.3, -0.25) is 9.78 Å². The fourth-order valence-corrected chi connectivity index (χ4v) is 1.67. The van der Waals surface area contributed by atoms with E-state index in [2.05, 4.69) is 15.6 Å². The number of aromatic nitrogens is 1. The van der Waals surface area contributed by atoms with Crippen molar-refractivity contribution in [3.63, 3.8) is 0 Å². The van der Waals surface area contributed by atoms with Crippen molar-refractivity contribution < 1.29 is 4.79 Å². The van der Waals surface area contributed by atoms with E-state index in [1.165, 1.54) is 6.20 Å². The average molecular weight is 278 g/mol. The Balaban J connectivity index is 2.07. The Morgan fingerprint density at radius 2 is 2.10 bits per heavy atom. The lowest BCUT2D eigenvalue weighted by Crippen LogP contribution is -2.14. The lowest BCUT2D eigenvalue weighted by Gasteiger charge is -2.05. The maximum Gasteiger partial charge on any atom is 0.267 e. The summed E-state index contributed by atoms with van der Waals surface area (Å²) in [6.07, 6.45) is 4.61. The normalized spacial score (nSPS) is 10.6. The van der Waals surface area contributed by atoms with Crippen LogP contribution in [0.1, 0.15) is 5.56 Å². The number of rotatable bonds is 4. The summed E-state index contributed by atoms with van der Waals surface area (Å²) in [4.78, 5) is 16.0. The fraction of sp³-hybridized carbons (Fsp3) is 0.0625. The molecule has 104 valence electrons. The molecule has 0 saturated carbocycles. The maximum absolute atomic E-state index is 12.0. The minimum absolute atomic E-state index is 0.0136. The Morgan fingerprint density at radius 1 is 1.29 bits per heavy atom. The number of carbonyl (C=O) groups is 1. The molecule has 1 aromatic carbocycles. The third kappa shape index (κ3) is 4.18. The van der Waals surface area contributed by atoms with Crippen LogP contribution in [0, 0.1) is 18.3 Å². The van der Waals surface area contributed by atoms with Crippen LogP contribution in [0.4, 0.5) is 11.4 Å².